The van der Waals surface area contributed by atoms with E-state index in [0.717, 1.165) is 23.2 Å². The highest BCUT2D eigenvalue weighted by atomic mass is 16.7. The molecule has 0 saturated carbocycles. The minimum atomic E-state index is -0.792. The van der Waals surface area contributed by atoms with Crippen LogP contribution < -0.4 is 10.1 Å². The zero-order valence-electron chi connectivity index (χ0n) is 18.9. The summed E-state index contributed by atoms with van der Waals surface area (Å²) in [5.41, 5.74) is 6.70. The molecule has 2 N–H and O–H groups in total. The molecule has 1 amide bonds. The number of aromatic nitrogens is 1. The van der Waals surface area contributed by atoms with E-state index in [0.29, 0.717) is 23.4 Å². The molecule has 0 saturated heterocycles. The topological polar surface area (TPSA) is 80.4 Å². The van der Waals surface area contributed by atoms with Crippen LogP contribution in [0.4, 0.5) is 4.79 Å². The van der Waals surface area contributed by atoms with E-state index in [1.54, 1.807) is 24.3 Å². The Kier molecular flexibility index (Phi) is 6.45. The number of hydrogen-bond donors (Lipinski definition) is 2. The van der Waals surface area contributed by atoms with Gasteiger partial charge in [0.15, 0.2) is 0 Å². The minimum Gasteiger partial charge on any atom is -0.437 e. The van der Waals surface area contributed by atoms with Gasteiger partial charge in [-0.05, 0) is 55.2 Å². The van der Waals surface area contributed by atoms with Crippen LogP contribution in [-0.4, -0.2) is 30.7 Å². The zero-order valence-corrected chi connectivity index (χ0v) is 18.9. The molecule has 0 aliphatic heterocycles. The number of fused-ring (bicyclic) bond motifs is 1. The average molecular weight is 443 g/mol. The van der Waals surface area contributed by atoms with Crippen molar-refractivity contribution in [3.05, 3.63) is 89.1 Å². The number of benzene rings is 3. The van der Waals surface area contributed by atoms with Gasteiger partial charge in [0.1, 0.15) is 5.75 Å². The van der Waals surface area contributed by atoms with Crippen molar-refractivity contribution in [2.75, 3.05) is 13.7 Å². The van der Waals surface area contributed by atoms with Gasteiger partial charge in [-0.25, -0.2) is 4.79 Å². The number of nitrogens with one attached hydrogen (secondary N) is 2. The minimum absolute atomic E-state index is 0.156. The number of ether oxygens (including phenoxy) is 2. The van der Waals surface area contributed by atoms with E-state index in [2.05, 4.69) is 47.1 Å². The Morgan fingerprint density at radius 1 is 0.970 bits per heavy atom. The van der Waals surface area contributed by atoms with Crippen LogP contribution in [0.3, 0.4) is 0 Å². The number of carbonyl (C=O) groups is 2. The molecule has 0 aliphatic carbocycles. The van der Waals surface area contributed by atoms with E-state index in [9.17, 15) is 9.59 Å². The number of carbonyl (C=O) groups excluding carboxylic acids is 2. The van der Waals surface area contributed by atoms with Crippen LogP contribution in [0.1, 0.15) is 27.2 Å². The molecule has 6 nitrogen and oxygen atoms in total. The first-order valence-electron chi connectivity index (χ1n) is 10.8. The van der Waals surface area contributed by atoms with Crippen molar-refractivity contribution >= 4 is 23.0 Å². The lowest BCUT2D eigenvalue weighted by atomic mass is 10.0. The van der Waals surface area contributed by atoms with Gasteiger partial charge in [-0.1, -0.05) is 48.5 Å². The normalized spacial score (nSPS) is 10.8. The molecular weight excluding hydrogens is 416 g/mol. The van der Waals surface area contributed by atoms with E-state index in [1.807, 2.05) is 24.3 Å². The van der Waals surface area contributed by atoms with Crippen LogP contribution >= 0.6 is 0 Å². The fourth-order valence-electron chi connectivity index (χ4n) is 4.03. The van der Waals surface area contributed by atoms with E-state index in [1.165, 1.54) is 23.6 Å². The monoisotopic (exact) mass is 442 g/mol. The summed E-state index contributed by atoms with van der Waals surface area (Å²) in [7, 11) is 1.26. The molecular formula is C27H26N2O4. The number of hydrogen-bond acceptors (Lipinski definition) is 4. The largest absolute Gasteiger partial charge is 0.513 e. The molecule has 1 heterocycles. The molecule has 6 heteroatoms. The van der Waals surface area contributed by atoms with Crippen molar-refractivity contribution in [3.63, 3.8) is 0 Å². The number of aryl methyl sites for hydroxylation is 2. The lowest BCUT2D eigenvalue weighted by Gasteiger charge is -2.11. The van der Waals surface area contributed by atoms with Crippen LogP contribution in [0.5, 0.6) is 5.75 Å². The maximum Gasteiger partial charge on any atom is 0.513 e. The van der Waals surface area contributed by atoms with Crippen LogP contribution in [0.2, 0.25) is 0 Å². The summed E-state index contributed by atoms with van der Waals surface area (Å²) in [6, 6.07) is 20.6. The van der Waals surface area contributed by atoms with Crippen molar-refractivity contribution in [1.82, 2.24) is 10.3 Å². The standard InChI is InChI=1S/C27H26N2O4/c1-17-8-6-12-23-21(18(2)29-25(17)23)14-15-28-26(30)20-10-7-9-19(16-20)22-11-4-5-13-24(22)33-27(31)32-3/h4-13,16,29H,14-15H2,1-3H3,(H,28,30). The fraction of sp³-hybridized carbons (Fsp3) is 0.185. The number of amides is 1. The van der Waals surface area contributed by atoms with E-state index in [-0.39, 0.29) is 5.91 Å². The van der Waals surface area contributed by atoms with Crippen molar-refractivity contribution < 1.29 is 19.1 Å². The van der Waals surface area contributed by atoms with E-state index < -0.39 is 6.16 Å². The number of methoxy groups -OCH3 is 1. The molecule has 4 aromatic rings. The van der Waals surface area contributed by atoms with Crippen LogP contribution in [0.15, 0.2) is 66.7 Å². The Bertz CT molecular complexity index is 1320. The lowest BCUT2D eigenvalue weighted by molar-refractivity contribution is 0.0953. The molecule has 0 radical (unpaired) electrons. The van der Waals surface area contributed by atoms with Crippen LogP contribution in [0.25, 0.3) is 22.0 Å². The zero-order chi connectivity index (χ0) is 23.4. The van der Waals surface area contributed by atoms with Gasteiger partial charge in [0.2, 0.25) is 0 Å². The predicted molar refractivity (Wildman–Crippen MR) is 129 cm³/mol. The third-order valence-corrected chi connectivity index (χ3v) is 5.71. The quantitative estimate of drug-likeness (QED) is 0.302. The summed E-state index contributed by atoms with van der Waals surface area (Å²) in [5.74, 6) is 0.212. The molecule has 0 atom stereocenters. The number of aromatic amines is 1. The summed E-state index contributed by atoms with van der Waals surface area (Å²) >= 11 is 0. The van der Waals surface area contributed by atoms with Gasteiger partial charge in [0.05, 0.1) is 7.11 Å². The summed E-state index contributed by atoms with van der Waals surface area (Å²) in [4.78, 5) is 27.9. The van der Waals surface area contributed by atoms with Crippen molar-refractivity contribution in [1.29, 1.82) is 0 Å². The maximum atomic E-state index is 12.8. The highest BCUT2D eigenvalue weighted by molar-refractivity contribution is 5.96. The molecule has 4 rings (SSSR count). The van der Waals surface area contributed by atoms with E-state index in [4.69, 9.17) is 4.74 Å². The van der Waals surface area contributed by atoms with Gasteiger partial charge in [-0.3, -0.25) is 4.79 Å². The first kappa shape index (κ1) is 22.1. The lowest BCUT2D eigenvalue weighted by Crippen LogP contribution is -2.25. The molecule has 33 heavy (non-hydrogen) atoms. The van der Waals surface area contributed by atoms with Gasteiger partial charge in [-0.15, -0.1) is 0 Å². The van der Waals surface area contributed by atoms with Gasteiger partial charge in [0.25, 0.3) is 5.91 Å². The highest BCUT2D eigenvalue weighted by Gasteiger charge is 2.14. The Hall–Kier alpha value is -4.06. The average Bonchev–Trinajstić information content (AvgIpc) is 3.16. The molecule has 0 fully saturated rings. The smallest absolute Gasteiger partial charge is 0.437 e. The Morgan fingerprint density at radius 2 is 1.76 bits per heavy atom. The number of para-hydroxylation sites is 2. The summed E-state index contributed by atoms with van der Waals surface area (Å²) in [5, 5.41) is 4.22. The second kappa shape index (κ2) is 9.61. The fourth-order valence-corrected chi connectivity index (χ4v) is 4.03. The maximum absolute atomic E-state index is 12.8. The predicted octanol–water partition coefficient (Wildman–Crippen LogP) is 5.57. The van der Waals surface area contributed by atoms with Crippen molar-refractivity contribution in [2.45, 2.75) is 20.3 Å². The molecule has 0 spiro atoms. The second-order valence-corrected chi connectivity index (χ2v) is 7.87. The molecule has 1 aromatic heterocycles. The first-order valence-corrected chi connectivity index (χ1v) is 10.8. The van der Waals surface area contributed by atoms with Gasteiger partial charge in [0, 0.05) is 34.3 Å². The van der Waals surface area contributed by atoms with Gasteiger partial charge >= 0.3 is 6.16 Å². The third-order valence-electron chi connectivity index (χ3n) is 5.71. The number of rotatable bonds is 6. The first-order chi connectivity index (χ1) is 16.0. The molecule has 0 bridgehead atoms. The summed E-state index contributed by atoms with van der Waals surface area (Å²) in [6.07, 6.45) is -0.0598. The molecule has 0 aliphatic rings. The molecule has 168 valence electrons. The number of H-pyrrole nitrogens is 1. The van der Waals surface area contributed by atoms with Crippen LogP contribution in [-0.2, 0) is 11.2 Å². The van der Waals surface area contributed by atoms with E-state index >= 15 is 0 Å². The Morgan fingerprint density at radius 3 is 2.58 bits per heavy atom. The van der Waals surface area contributed by atoms with Gasteiger partial charge < -0.3 is 19.8 Å². The molecule has 0 unspecified atom stereocenters. The molecule has 3 aromatic carbocycles. The summed E-state index contributed by atoms with van der Waals surface area (Å²) < 4.78 is 9.84. The van der Waals surface area contributed by atoms with Crippen molar-refractivity contribution in [3.8, 4) is 16.9 Å². The highest BCUT2D eigenvalue weighted by Crippen LogP contribution is 2.30. The summed E-state index contributed by atoms with van der Waals surface area (Å²) in [6.45, 7) is 4.67. The third kappa shape index (κ3) is 4.75. The van der Waals surface area contributed by atoms with Crippen LogP contribution in [0, 0.1) is 13.8 Å². The van der Waals surface area contributed by atoms with Gasteiger partial charge in [-0.2, -0.15) is 0 Å². The SMILES string of the molecule is COC(=O)Oc1ccccc1-c1cccc(C(=O)NCCc2c(C)[nH]c3c(C)cccc23)c1. The Balaban J connectivity index is 1.48. The van der Waals surface area contributed by atoms with Crippen molar-refractivity contribution in [2.24, 2.45) is 0 Å². The Labute approximate surface area is 192 Å². The second-order valence-electron chi connectivity index (χ2n) is 7.87.